The quantitative estimate of drug-likeness (QED) is 0.347. The van der Waals surface area contributed by atoms with Crippen LogP contribution in [0.3, 0.4) is 0 Å². The van der Waals surface area contributed by atoms with Gasteiger partial charge in [-0.2, -0.15) is 0 Å². The van der Waals surface area contributed by atoms with Crippen LogP contribution in [-0.4, -0.2) is 23.3 Å². The zero-order chi connectivity index (χ0) is 10.1. The second kappa shape index (κ2) is 7.43. The first-order valence-corrected chi connectivity index (χ1v) is 4.34. The molecule has 0 aliphatic rings. The van der Waals surface area contributed by atoms with Gasteiger partial charge in [0.25, 0.3) is 0 Å². The zero-order valence-corrected chi connectivity index (χ0v) is 8.12. The maximum atomic E-state index is 9.21. The van der Waals surface area contributed by atoms with E-state index in [1.165, 1.54) is 12.2 Å². The highest BCUT2D eigenvalue weighted by atomic mass is 16.3. The monoisotopic (exact) mass is 183 g/mol. The molecule has 0 saturated carbocycles. The summed E-state index contributed by atoms with van der Waals surface area (Å²) in [6, 6.07) is 0. The van der Waals surface area contributed by atoms with E-state index in [0.29, 0.717) is 6.54 Å². The molecule has 0 aromatic carbocycles. The van der Waals surface area contributed by atoms with Crippen molar-refractivity contribution in [3.8, 4) is 0 Å². The van der Waals surface area contributed by atoms with E-state index in [1.54, 1.807) is 19.1 Å². The maximum Gasteiger partial charge on any atom is 0.157 e. The Morgan fingerprint density at radius 1 is 1.23 bits per heavy atom. The molecule has 13 heavy (non-hydrogen) atoms. The third kappa shape index (κ3) is 5.99. The minimum atomic E-state index is -0.116. The fraction of sp³-hybridized carbons (Fsp3) is 0.400. The normalized spacial score (nSPS) is 14.0. The van der Waals surface area contributed by atoms with Gasteiger partial charge in [0.1, 0.15) is 0 Å². The Kier molecular flexibility index (Phi) is 6.73. The summed E-state index contributed by atoms with van der Waals surface area (Å²) in [6.07, 6.45) is 6.31. The van der Waals surface area contributed by atoms with Crippen molar-refractivity contribution in [1.29, 1.82) is 0 Å². The van der Waals surface area contributed by atoms with Gasteiger partial charge in [-0.15, -0.1) is 0 Å². The van der Waals surface area contributed by atoms with Crippen LogP contribution in [0.5, 0.6) is 0 Å². The number of nitrogens with one attached hydrogen (secondary N) is 1. The van der Waals surface area contributed by atoms with Crippen molar-refractivity contribution in [3.63, 3.8) is 0 Å². The molecular formula is C10H17NO2. The molecule has 3 N–H and O–H groups in total. The summed E-state index contributed by atoms with van der Waals surface area (Å²) in [5, 5.41) is 21.4. The standard InChI is InChI=1S/C10H17NO2/c1-3-6-9(12)10(13)7-5-8-11-4-2/h3,5-7,11-13H,4,8H2,1-2H3/b6-3-,7-5+,10-9-. The Bertz CT molecular complexity index is 217. The largest absolute Gasteiger partial charge is 0.504 e. The lowest BCUT2D eigenvalue weighted by Gasteiger charge is -1.95. The molecule has 0 amide bonds. The van der Waals surface area contributed by atoms with Gasteiger partial charge < -0.3 is 15.5 Å². The molecule has 0 aliphatic heterocycles. The van der Waals surface area contributed by atoms with Gasteiger partial charge in [0.15, 0.2) is 11.5 Å². The van der Waals surface area contributed by atoms with Crippen LogP contribution in [0.25, 0.3) is 0 Å². The Hall–Kier alpha value is -1.22. The van der Waals surface area contributed by atoms with Crippen LogP contribution in [0.2, 0.25) is 0 Å². The lowest BCUT2D eigenvalue weighted by Crippen LogP contribution is -2.11. The minimum absolute atomic E-state index is 0.115. The molecule has 0 radical (unpaired) electrons. The molecule has 0 aromatic heterocycles. The van der Waals surface area contributed by atoms with Gasteiger partial charge in [-0.25, -0.2) is 0 Å². The van der Waals surface area contributed by atoms with Crippen molar-refractivity contribution in [2.45, 2.75) is 13.8 Å². The lowest BCUT2D eigenvalue weighted by atomic mass is 10.3. The molecule has 74 valence electrons. The van der Waals surface area contributed by atoms with Gasteiger partial charge >= 0.3 is 0 Å². The van der Waals surface area contributed by atoms with Crippen molar-refractivity contribution in [2.75, 3.05) is 13.1 Å². The Morgan fingerprint density at radius 3 is 2.38 bits per heavy atom. The third-order valence-corrected chi connectivity index (χ3v) is 1.37. The summed E-state index contributed by atoms with van der Waals surface area (Å²) in [6.45, 7) is 5.34. The van der Waals surface area contributed by atoms with Crippen LogP contribution in [-0.2, 0) is 0 Å². The first-order chi connectivity index (χ1) is 6.22. The molecule has 0 atom stereocenters. The van der Waals surface area contributed by atoms with Crippen LogP contribution in [0.1, 0.15) is 13.8 Å². The van der Waals surface area contributed by atoms with Crippen LogP contribution in [0.15, 0.2) is 35.8 Å². The Morgan fingerprint density at radius 2 is 1.85 bits per heavy atom. The number of aliphatic hydroxyl groups excluding tert-OH is 2. The van der Waals surface area contributed by atoms with Crippen LogP contribution < -0.4 is 5.32 Å². The highest BCUT2D eigenvalue weighted by Gasteiger charge is 1.92. The molecule has 0 spiro atoms. The highest BCUT2D eigenvalue weighted by molar-refractivity contribution is 5.22. The molecular weight excluding hydrogens is 166 g/mol. The van der Waals surface area contributed by atoms with E-state index in [9.17, 15) is 5.11 Å². The molecule has 0 bridgehead atoms. The topological polar surface area (TPSA) is 52.5 Å². The third-order valence-electron chi connectivity index (χ3n) is 1.37. The van der Waals surface area contributed by atoms with Crippen molar-refractivity contribution >= 4 is 0 Å². The smallest absolute Gasteiger partial charge is 0.157 e. The van der Waals surface area contributed by atoms with Crippen molar-refractivity contribution in [1.82, 2.24) is 5.32 Å². The van der Waals surface area contributed by atoms with E-state index >= 15 is 0 Å². The van der Waals surface area contributed by atoms with E-state index in [0.717, 1.165) is 6.54 Å². The van der Waals surface area contributed by atoms with E-state index < -0.39 is 0 Å². The highest BCUT2D eigenvalue weighted by Crippen LogP contribution is 2.00. The first kappa shape index (κ1) is 11.8. The Balaban J connectivity index is 4.03. The average molecular weight is 183 g/mol. The SMILES string of the molecule is C\C=C/C(O)=C(O)\C=C\CNCC. The van der Waals surface area contributed by atoms with Crippen LogP contribution >= 0.6 is 0 Å². The number of aliphatic hydroxyl groups is 2. The van der Waals surface area contributed by atoms with Gasteiger partial charge in [0.2, 0.25) is 0 Å². The predicted octanol–water partition coefficient (Wildman–Crippen LogP) is 2.06. The van der Waals surface area contributed by atoms with Gasteiger partial charge in [-0.3, -0.25) is 0 Å². The minimum Gasteiger partial charge on any atom is -0.504 e. The number of allylic oxidation sites excluding steroid dienone is 3. The lowest BCUT2D eigenvalue weighted by molar-refractivity contribution is 0.352. The molecule has 3 heteroatoms. The fourth-order valence-electron chi connectivity index (χ4n) is 0.727. The summed E-state index contributed by atoms with van der Waals surface area (Å²) < 4.78 is 0. The molecule has 3 nitrogen and oxygen atoms in total. The summed E-state index contributed by atoms with van der Waals surface area (Å²) >= 11 is 0. The summed E-state index contributed by atoms with van der Waals surface area (Å²) in [7, 11) is 0. The second-order valence-corrected chi connectivity index (χ2v) is 2.48. The van der Waals surface area contributed by atoms with Gasteiger partial charge in [-0.1, -0.05) is 19.1 Å². The maximum absolute atomic E-state index is 9.21. The average Bonchev–Trinajstić information content (AvgIpc) is 2.12. The van der Waals surface area contributed by atoms with Gasteiger partial charge in [0, 0.05) is 6.54 Å². The number of hydrogen-bond acceptors (Lipinski definition) is 3. The fourth-order valence-corrected chi connectivity index (χ4v) is 0.727. The van der Waals surface area contributed by atoms with E-state index in [-0.39, 0.29) is 11.5 Å². The molecule has 0 rings (SSSR count). The van der Waals surface area contributed by atoms with Gasteiger partial charge in [0.05, 0.1) is 0 Å². The second-order valence-electron chi connectivity index (χ2n) is 2.48. The molecule has 0 saturated heterocycles. The van der Waals surface area contributed by atoms with Crippen LogP contribution in [0.4, 0.5) is 0 Å². The summed E-state index contributed by atoms with van der Waals surface area (Å²) in [5.74, 6) is -0.230. The predicted molar refractivity (Wildman–Crippen MR) is 54.8 cm³/mol. The Labute approximate surface area is 79.1 Å². The number of likely N-dealkylation sites (N-methyl/N-ethyl adjacent to an activating group) is 1. The summed E-state index contributed by atoms with van der Waals surface area (Å²) in [5.41, 5.74) is 0. The molecule has 0 aliphatic carbocycles. The van der Waals surface area contributed by atoms with Crippen molar-refractivity contribution in [3.05, 3.63) is 35.8 Å². The molecule has 0 fully saturated rings. The van der Waals surface area contributed by atoms with E-state index in [1.807, 2.05) is 6.92 Å². The molecule has 0 heterocycles. The summed E-state index contributed by atoms with van der Waals surface area (Å²) in [4.78, 5) is 0. The number of rotatable bonds is 5. The van der Waals surface area contributed by atoms with E-state index in [4.69, 9.17) is 5.11 Å². The number of hydrogen-bond donors (Lipinski definition) is 3. The van der Waals surface area contributed by atoms with E-state index in [2.05, 4.69) is 5.32 Å². The molecule has 0 aromatic rings. The van der Waals surface area contributed by atoms with Crippen LogP contribution in [0, 0.1) is 0 Å². The van der Waals surface area contributed by atoms with Crippen molar-refractivity contribution < 1.29 is 10.2 Å². The zero-order valence-electron chi connectivity index (χ0n) is 8.12. The van der Waals surface area contributed by atoms with Gasteiger partial charge in [-0.05, 0) is 25.6 Å². The molecule has 0 unspecified atom stereocenters. The first-order valence-electron chi connectivity index (χ1n) is 4.34. The van der Waals surface area contributed by atoms with Crippen molar-refractivity contribution in [2.24, 2.45) is 0 Å².